The Labute approximate surface area is 96.7 Å². The second-order valence-corrected chi connectivity index (χ2v) is 4.30. The van der Waals surface area contributed by atoms with Gasteiger partial charge in [0.1, 0.15) is 12.1 Å². The lowest BCUT2D eigenvalue weighted by molar-refractivity contribution is -0.144. The zero-order valence-electron chi connectivity index (χ0n) is 10.7. The number of amides is 1. The molecule has 0 aromatic carbocycles. The molecular weight excluding hydrogens is 210 g/mol. The summed E-state index contributed by atoms with van der Waals surface area (Å²) in [6, 6.07) is 0. The summed E-state index contributed by atoms with van der Waals surface area (Å²) in [6.45, 7) is 9.50. The van der Waals surface area contributed by atoms with E-state index in [1.54, 1.807) is 34.6 Å². The van der Waals surface area contributed by atoms with Crippen molar-refractivity contribution < 1.29 is 19.1 Å². The van der Waals surface area contributed by atoms with Crippen molar-refractivity contribution in [2.45, 2.75) is 40.2 Å². The van der Waals surface area contributed by atoms with Crippen LogP contribution in [0.3, 0.4) is 0 Å². The van der Waals surface area contributed by atoms with Gasteiger partial charge >= 0.3 is 12.1 Å². The molecule has 5 heteroatoms. The molecule has 0 bridgehead atoms. The Kier molecular flexibility index (Phi) is 5.85. The lowest BCUT2D eigenvalue weighted by atomic mass is 10.2. The van der Waals surface area contributed by atoms with E-state index >= 15 is 0 Å². The molecule has 16 heavy (non-hydrogen) atoms. The van der Waals surface area contributed by atoms with Crippen molar-refractivity contribution in [1.29, 1.82) is 0 Å². The van der Waals surface area contributed by atoms with Crippen molar-refractivity contribution in [2.75, 3.05) is 19.7 Å². The molecule has 0 aliphatic heterocycles. The number of ether oxygens (including phenoxy) is 2. The molecule has 0 heterocycles. The summed E-state index contributed by atoms with van der Waals surface area (Å²) in [4.78, 5) is 24.1. The Balaban J connectivity index is 4.27. The minimum Gasteiger partial charge on any atom is -0.465 e. The predicted octanol–water partition coefficient (Wildman–Crippen LogP) is 1.81. The molecule has 0 saturated heterocycles. The van der Waals surface area contributed by atoms with Crippen LogP contribution in [0.5, 0.6) is 0 Å². The van der Waals surface area contributed by atoms with Crippen LogP contribution in [-0.2, 0) is 14.3 Å². The number of carbonyl (C=O) groups is 2. The highest BCUT2D eigenvalue weighted by Crippen LogP contribution is 2.09. The van der Waals surface area contributed by atoms with Gasteiger partial charge in [-0.05, 0) is 34.6 Å². The minimum atomic E-state index is -0.556. The number of hydrogen-bond donors (Lipinski definition) is 0. The van der Waals surface area contributed by atoms with Crippen LogP contribution < -0.4 is 0 Å². The largest absolute Gasteiger partial charge is 0.465 e. The molecule has 0 N–H and O–H groups in total. The lowest BCUT2D eigenvalue weighted by Gasteiger charge is -2.25. The molecule has 0 rings (SSSR count). The van der Waals surface area contributed by atoms with Gasteiger partial charge in [0.05, 0.1) is 6.61 Å². The zero-order chi connectivity index (χ0) is 12.8. The fraction of sp³-hybridized carbons (Fsp3) is 0.818. The lowest BCUT2D eigenvalue weighted by Crippen LogP contribution is -2.40. The molecule has 94 valence electrons. The van der Waals surface area contributed by atoms with Crippen LogP contribution in [0.15, 0.2) is 0 Å². The number of hydrogen-bond acceptors (Lipinski definition) is 4. The van der Waals surface area contributed by atoms with Gasteiger partial charge in [0.15, 0.2) is 0 Å². The normalized spacial score (nSPS) is 10.8. The molecule has 0 unspecified atom stereocenters. The SMILES string of the molecule is CCOC(=O)CN(CC)C(=O)OC(C)(C)C. The third-order valence-corrected chi connectivity index (χ3v) is 1.66. The summed E-state index contributed by atoms with van der Waals surface area (Å²) in [5.74, 6) is -0.421. The summed E-state index contributed by atoms with van der Waals surface area (Å²) in [7, 11) is 0. The van der Waals surface area contributed by atoms with E-state index in [1.807, 2.05) is 0 Å². The fourth-order valence-electron chi connectivity index (χ4n) is 0.994. The van der Waals surface area contributed by atoms with Crippen molar-refractivity contribution in [2.24, 2.45) is 0 Å². The first kappa shape index (κ1) is 14.7. The predicted molar refractivity (Wildman–Crippen MR) is 60.1 cm³/mol. The van der Waals surface area contributed by atoms with E-state index in [1.165, 1.54) is 4.90 Å². The molecule has 0 fully saturated rings. The monoisotopic (exact) mass is 231 g/mol. The Hall–Kier alpha value is -1.26. The number of nitrogens with zero attached hydrogens (tertiary/aromatic N) is 1. The molecule has 0 spiro atoms. The second-order valence-electron chi connectivity index (χ2n) is 4.30. The first-order valence-electron chi connectivity index (χ1n) is 5.43. The van der Waals surface area contributed by atoms with Crippen LogP contribution in [0, 0.1) is 0 Å². The Morgan fingerprint density at radius 3 is 2.12 bits per heavy atom. The van der Waals surface area contributed by atoms with Crippen LogP contribution in [0.25, 0.3) is 0 Å². The highest BCUT2D eigenvalue weighted by molar-refractivity contribution is 5.78. The van der Waals surface area contributed by atoms with Gasteiger partial charge in [0.2, 0.25) is 0 Å². The van der Waals surface area contributed by atoms with Crippen LogP contribution in [0.2, 0.25) is 0 Å². The van der Waals surface area contributed by atoms with Gasteiger partial charge in [-0.25, -0.2) is 4.79 Å². The van der Waals surface area contributed by atoms with Crippen LogP contribution in [0.1, 0.15) is 34.6 Å². The summed E-state index contributed by atoms with van der Waals surface area (Å²) in [6.07, 6.45) is -0.497. The summed E-state index contributed by atoms with van der Waals surface area (Å²) in [5, 5.41) is 0. The first-order valence-corrected chi connectivity index (χ1v) is 5.43. The van der Waals surface area contributed by atoms with Crippen molar-refractivity contribution in [3.8, 4) is 0 Å². The van der Waals surface area contributed by atoms with Gasteiger partial charge < -0.3 is 9.47 Å². The van der Waals surface area contributed by atoms with Gasteiger partial charge in [0.25, 0.3) is 0 Å². The maximum absolute atomic E-state index is 11.6. The highest BCUT2D eigenvalue weighted by Gasteiger charge is 2.22. The molecule has 0 aromatic rings. The number of carbonyl (C=O) groups excluding carboxylic acids is 2. The van der Waals surface area contributed by atoms with Gasteiger partial charge in [-0.3, -0.25) is 9.69 Å². The van der Waals surface area contributed by atoms with Gasteiger partial charge in [0, 0.05) is 6.54 Å². The summed E-state index contributed by atoms with van der Waals surface area (Å²) in [5.41, 5.74) is -0.556. The summed E-state index contributed by atoms with van der Waals surface area (Å²) < 4.78 is 9.92. The quantitative estimate of drug-likeness (QED) is 0.692. The Bertz CT molecular complexity index is 245. The first-order chi connectivity index (χ1) is 7.30. The van der Waals surface area contributed by atoms with Crippen molar-refractivity contribution in [3.63, 3.8) is 0 Å². The van der Waals surface area contributed by atoms with Gasteiger partial charge in [-0.15, -0.1) is 0 Å². The number of esters is 1. The Morgan fingerprint density at radius 1 is 1.19 bits per heavy atom. The second kappa shape index (κ2) is 6.35. The maximum Gasteiger partial charge on any atom is 0.410 e. The standard InChI is InChI=1S/C11H21NO4/c1-6-12(8-9(13)15-7-2)10(14)16-11(3,4)5/h6-8H2,1-5H3. The smallest absolute Gasteiger partial charge is 0.410 e. The van der Waals surface area contributed by atoms with E-state index in [9.17, 15) is 9.59 Å². The van der Waals surface area contributed by atoms with E-state index in [-0.39, 0.29) is 6.54 Å². The molecular formula is C11H21NO4. The van der Waals surface area contributed by atoms with E-state index < -0.39 is 17.7 Å². The summed E-state index contributed by atoms with van der Waals surface area (Å²) >= 11 is 0. The fourth-order valence-corrected chi connectivity index (χ4v) is 0.994. The minimum absolute atomic E-state index is 0.0702. The van der Waals surface area contributed by atoms with Crippen molar-refractivity contribution in [3.05, 3.63) is 0 Å². The molecule has 1 amide bonds. The van der Waals surface area contributed by atoms with E-state index in [0.29, 0.717) is 13.2 Å². The molecule has 0 aliphatic carbocycles. The number of rotatable bonds is 4. The van der Waals surface area contributed by atoms with E-state index in [0.717, 1.165) is 0 Å². The van der Waals surface area contributed by atoms with Crippen molar-refractivity contribution >= 4 is 12.1 Å². The van der Waals surface area contributed by atoms with Crippen LogP contribution in [0.4, 0.5) is 4.79 Å². The van der Waals surface area contributed by atoms with Crippen LogP contribution in [-0.4, -0.2) is 42.3 Å². The average molecular weight is 231 g/mol. The Morgan fingerprint density at radius 2 is 1.75 bits per heavy atom. The molecule has 0 aromatic heterocycles. The molecule has 0 radical (unpaired) electrons. The third-order valence-electron chi connectivity index (χ3n) is 1.66. The van der Waals surface area contributed by atoms with Crippen LogP contribution >= 0.6 is 0 Å². The van der Waals surface area contributed by atoms with Gasteiger partial charge in [-0.2, -0.15) is 0 Å². The topological polar surface area (TPSA) is 55.8 Å². The third kappa shape index (κ3) is 6.27. The molecule has 0 saturated carbocycles. The molecule has 0 atom stereocenters. The number of likely N-dealkylation sites (N-methyl/N-ethyl adjacent to an activating group) is 1. The van der Waals surface area contributed by atoms with Crippen molar-refractivity contribution in [1.82, 2.24) is 4.90 Å². The average Bonchev–Trinajstić information content (AvgIpc) is 2.11. The maximum atomic E-state index is 11.6. The van der Waals surface area contributed by atoms with E-state index in [4.69, 9.17) is 9.47 Å². The molecule has 0 aliphatic rings. The molecule has 5 nitrogen and oxygen atoms in total. The van der Waals surface area contributed by atoms with E-state index in [2.05, 4.69) is 0 Å². The zero-order valence-corrected chi connectivity index (χ0v) is 10.7. The highest BCUT2D eigenvalue weighted by atomic mass is 16.6. The van der Waals surface area contributed by atoms with Gasteiger partial charge in [-0.1, -0.05) is 0 Å².